The number of nitrogens with one attached hydrogen (secondary N) is 1. The number of carbonyl (C=O) groups excluding carboxylic acids is 1. The first-order valence-electron chi connectivity index (χ1n) is 6.63. The maximum absolute atomic E-state index is 10.8. The Balaban J connectivity index is 1.90. The molecule has 0 radical (unpaired) electrons. The van der Waals surface area contributed by atoms with Crippen LogP contribution < -0.4 is 10.2 Å². The van der Waals surface area contributed by atoms with E-state index in [1.807, 2.05) is 25.2 Å². The van der Waals surface area contributed by atoms with Gasteiger partial charge in [-0.3, -0.25) is 4.79 Å². The zero-order valence-corrected chi connectivity index (χ0v) is 12.6. The zero-order valence-electron chi connectivity index (χ0n) is 11.8. The van der Waals surface area contributed by atoms with Crippen LogP contribution in [-0.2, 0) is 4.79 Å². The van der Waals surface area contributed by atoms with Gasteiger partial charge in [-0.25, -0.2) is 4.98 Å². The van der Waals surface area contributed by atoms with E-state index in [4.69, 9.17) is 0 Å². The Hall–Kier alpha value is -1.88. The summed E-state index contributed by atoms with van der Waals surface area (Å²) < 4.78 is 0. The number of benzene rings is 1. The van der Waals surface area contributed by atoms with Gasteiger partial charge in [0.1, 0.15) is 0 Å². The molecule has 0 fully saturated rings. The fraction of sp³-hybridized carbons (Fsp3) is 0.333. The number of hydrogen-bond acceptors (Lipinski definition) is 4. The lowest BCUT2D eigenvalue weighted by atomic mass is 10.2. The molecule has 2 rings (SSSR count). The van der Waals surface area contributed by atoms with Gasteiger partial charge < -0.3 is 10.2 Å². The summed E-state index contributed by atoms with van der Waals surface area (Å²) in [7, 11) is 2.03. The second-order valence-corrected chi connectivity index (χ2v) is 5.48. The highest BCUT2D eigenvalue weighted by atomic mass is 32.1. The van der Waals surface area contributed by atoms with Crippen molar-refractivity contribution in [2.75, 3.05) is 25.0 Å². The molecule has 1 aromatic heterocycles. The minimum absolute atomic E-state index is 0.0215. The van der Waals surface area contributed by atoms with Gasteiger partial charge in [0.25, 0.3) is 0 Å². The second kappa shape index (κ2) is 7.05. The van der Waals surface area contributed by atoms with Crippen molar-refractivity contribution < 1.29 is 4.79 Å². The molecule has 2 aromatic rings. The van der Waals surface area contributed by atoms with Crippen molar-refractivity contribution in [3.05, 3.63) is 35.7 Å². The summed E-state index contributed by atoms with van der Waals surface area (Å²) in [6.45, 7) is 3.12. The molecule has 20 heavy (non-hydrogen) atoms. The van der Waals surface area contributed by atoms with Crippen LogP contribution in [0.3, 0.4) is 0 Å². The maximum atomic E-state index is 10.8. The van der Waals surface area contributed by atoms with Crippen molar-refractivity contribution in [1.29, 1.82) is 0 Å². The van der Waals surface area contributed by atoms with Gasteiger partial charge in [0.05, 0.1) is 5.69 Å². The standard InChI is InChI=1S/C15H19N3OS/c1-12(19)16-9-6-10-18(2)15-17-14(11-20-15)13-7-4-3-5-8-13/h3-5,7-8,11H,6,9-10H2,1-2H3,(H,16,19). The van der Waals surface area contributed by atoms with E-state index < -0.39 is 0 Å². The normalized spacial score (nSPS) is 10.3. The maximum Gasteiger partial charge on any atom is 0.216 e. The molecule has 0 bridgehead atoms. The van der Waals surface area contributed by atoms with Crippen molar-refractivity contribution in [2.45, 2.75) is 13.3 Å². The summed E-state index contributed by atoms with van der Waals surface area (Å²) in [6, 6.07) is 10.2. The number of aromatic nitrogens is 1. The Morgan fingerprint density at radius 2 is 2.10 bits per heavy atom. The molecule has 0 aliphatic carbocycles. The molecule has 106 valence electrons. The Labute approximate surface area is 123 Å². The first-order chi connectivity index (χ1) is 9.66. The van der Waals surface area contributed by atoms with Crippen LogP contribution in [0.25, 0.3) is 11.3 Å². The lowest BCUT2D eigenvalue weighted by molar-refractivity contribution is -0.118. The van der Waals surface area contributed by atoms with Crippen LogP contribution in [-0.4, -0.2) is 31.0 Å². The molecule has 0 spiro atoms. The van der Waals surface area contributed by atoms with Gasteiger partial charge in [-0.05, 0) is 6.42 Å². The molecule has 1 N–H and O–H groups in total. The van der Waals surface area contributed by atoms with Gasteiger partial charge in [-0.15, -0.1) is 11.3 Å². The first-order valence-corrected chi connectivity index (χ1v) is 7.51. The van der Waals surface area contributed by atoms with E-state index in [0.717, 1.165) is 29.4 Å². The molecular formula is C15H19N3OS. The Bertz CT molecular complexity index is 553. The fourth-order valence-electron chi connectivity index (χ4n) is 1.86. The molecule has 4 nitrogen and oxygen atoms in total. The van der Waals surface area contributed by atoms with E-state index in [2.05, 4.69) is 32.7 Å². The zero-order chi connectivity index (χ0) is 14.4. The predicted octanol–water partition coefficient (Wildman–Crippen LogP) is 2.77. The van der Waals surface area contributed by atoms with E-state index in [9.17, 15) is 4.79 Å². The Morgan fingerprint density at radius 1 is 1.35 bits per heavy atom. The second-order valence-electron chi connectivity index (χ2n) is 4.64. The molecule has 1 amide bonds. The van der Waals surface area contributed by atoms with Crippen molar-refractivity contribution in [3.63, 3.8) is 0 Å². The molecular weight excluding hydrogens is 270 g/mol. The van der Waals surface area contributed by atoms with Crippen LogP contribution in [0.15, 0.2) is 35.7 Å². The van der Waals surface area contributed by atoms with Gasteiger partial charge in [-0.1, -0.05) is 30.3 Å². The van der Waals surface area contributed by atoms with Crippen molar-refractivity contribution in [2.24, 2.45) is 0 Å². The molecule has 1 heterocycles. The summed E-state index contributed by atoms with van der Waals surface area (Å²) in [6.07, 6.45) is 0.913. The highest BCUT2D eigenvalue weighted by Gasteiger charge is 2.08. The average Bonchev–Trinajstić information content (AvgIpc) is 2.94. The van der Waals surface area contributed by atoms with Crippen LogP contribution >= 0.6 is 11.3 Å². The van der Waals surface area contributed by atoms with Crippen LogP contribution in [0, 0.1) is 0 Å². The van der Waals surface area contributed by atoms with E-state index in [1.54, 1.807) is 11.3 Å². The lowest BCUT2D eigenvalue weighted by Gasteiger charge is -2.15. The molecule has 0 aliphatic heterocycles. The molecule has 1 aromatic carbocycles. The minimum Gasteiger partial charge on any atom is -0.356 e. The summed E-state index contributed by atoms with van der Waals surface area (Å²) in [5, 5.41) is 5.89. The molecule has 0 saturated heterocycles. The Morgan fingerprint density at radius 3 is 2.80 bits per heavy atom. The van der Waals surface area contributed by atoms with Crippen molar-refractivity contribution in [1.82, 2.24) is 10.3 Å². The molecule has 5 heteroatoms. The van der Waals surface area contributed by atoms with Gasteiger partial charge >= 0.3 is 0 Å². The van der Waals surface area contributed by atoms with E-state index in [0.29, 0.717) is 6.54 Å². The highest BCUT2D eigenvalue weighted by Crippen LogP contribution is 2.26. The fourth-order valence-corrected chi connectivity index (χ4v) is 2.69. The monoisotopic (exact) mass is 289 g/mol. The third-order valence-electron chi connectivity index (χ3n) is 2.93. The quantitative estimate of drug-likeness (QED) is 0.832. The van der Waals surface area contributed by atoms with Gasteiger partial charge in [0.2, 0.25) is 5.91 Å². The number of rotatable bonds is 6. The largest absolute Gasteiger partial charge is 0.356 e. The van der Waals surface area contributed by atoms with Gasteiger partial charge in [0.15, 0.2) is 5.13 Å². The smallest absolute Gasteiger partial charge is 0.216 e. The minimum atomic E-state index is 0.0215. The van der Waals surface area contributed by atoms with Crippen LogP contribution in [0.4, 0.5) is 5.13 Å². The summed E-state index contributed by atoms with van der Waals surface area (Å²) >= 11 is 1.64. The molecule has 0 aliphatic rings. The SMILES string of the molecule is CC(=O)NCCCN(C)c1nc(-c2ccccc2)cs1. The average molecular weight is 289 g/mol. The van der Waals surface area contributed by atoms with Gasteiger partial charge in [0, 0.05) is 38.0 Å². The summed E-state index contributed by atoms with van der Waals surface area (Å²) in [5.41, 5.74) is 2.15. The van der Waals surface area contributed by atoms with Crippen LogP contribution in [0.5, 0.6) is 0 Å². The molecule has 0 atom stereocenters. The topological polar surface area (TPSA) is 45.2 Å². The Kier molecular flexibility index (Phi) is 5.12. The van der Waals surface area contributed by atoms with E-state index in [-0.39, 0.29) is 5.91 Å². The number of thiazole rings is 1. The van der Waals surface area contributed by atoms with Crippen LogP contribution in [0.2, 0.25) is 0 Å². The molecule has 0 unspecified atom stereocenters. The van der Waals surface area contributed by atoms with Gasteiger partial charge in [-0.2, -0.15) is 0 Å². The third kappa shape index (κ3) is 4.06. The van der Waals surface area contributed by atoms with Crippen molar-refractivity contribution in [3.8, 4) is 11.3 Å². The number of carbonyl (C=O) groups is 1. The third-order valence-corrected chi connectivity index (χ3v) is 3.89. The first kappa shape index (κ1) is 14.5. The summed E-state index contributed by atoms with van der Waals surface area (Å²) in [4.78, 5) is 17.6. The number of nitrogens with zero attached hydrogens (tertiary/aromatic N) is 2. The van der Waals surface area contributed by atoms with Crippen molar-refractivity contribution >= 4 is 22.4 Å². The predicted molar refractivity (Wildman–Crippen MR) is 84.1 cm³/mol. The lowest BCUT2D eigenvalue weighted by Crippen LogP contribution is -2.26. The van der Waals surface area contributed by atoms with E-state index >= 15 is 0 Å². The number of hydrogen-bond donors (Lipinski definition) is 1. The molecule has 0 saturated carbocycles. The highest BCUT2D eigenvalue weighted by molar-refractivity contribution is 7.14. The number of anilines is 1. The van der Waals surface area contributed by atoms with Crippen LogP contribution in [0.1, 0.15) is 13.3 Å². The van der Waals surface area contributed by atoms with E-state index in [1.165, 1.54) is 6.92 Å². The number of amides is 1. The summed E-state index contributed by atoms with van der Waals surface area (Å²) in [5.74, 6) is 0.0215.